The van der Waals surface area contributed by atoms with Gasteiger partial charge in [0.25, 0.3) is 0 Å². The fourth-order valence-electron chi connectivity index (χ4n) is 1.47. The molecule has 15 heavy (non-hydrogen) atoms. The Morgan fingerprint density at radius 1 is 1.33 bits per heavy atom. The predicted molar refractivity (Wildman–Crippen MR) is 48.5 cm³/mol. The molecule has 1 rings (SSSR count). The summed E-state index contributed by atoms with van der Waals surface area (Å²) in [6.07, 6.45) is -6.95. The maximum absolute atomic E-state index is 9.58. The minimum atomic E-state index is -1.42. The van der Waals surface area contributed by atoms with E-state index >= 15 is 0 Å². The molecular formula is C8H17NO6. The van der Waals surface area contributed by atoms with Gasteiger partial charge >= 0.3 is 0 Å². The lowest BCUT2D eigenvalue weighted by Crippen LogP contribution is -2.60. The highest BCUT2D eigenvalue weighted by molar-refractivity contribution is 4.89. The first-order chi connectivity index (χ1) is 6.97. The van der Waals surface area contributed by atoms with E-state index in [1.165, 1.54) is 6.92 Å². The van der Waals surface area contributed by atoms with Crippen LogP contribution >= 0.6 is 0 Å². The quantitative estimate of drug-likeness (QED) is 0.325. The smallest absolute Gasteiger partial charge is 0.184 e. The number of aliphatic hydroxyl groups excluding tert-OH is 4. The van der Waals surface area contributed by atoms with Crippen LogP contribution in [-0.4, -0.2) is 64.0 Å². The zero-order valence-corrected chi connectivity index (χ0v) is 8.35. The van der Waals surface area contributed by atoms with Crippen molar-refractivity contribution in [2.75, 3.05) is 6.61 Å². The van der Waals surface area contributed by atoms with Gasteiger partial charge in [0, 0.05) is 0 Å². The van der Waals surface area contributed by atoms with Gasteiger partial charge in [-0.3, -0.25) is 0 Å². The fraction of sp³-hybridized carbons (Fsp3) is 1.00. The molecule has 0 radical (unpaired) electrons. The Morgan fingerprint density at radius 3 is 2.40 bits per heavy atom. The molecule has 1 heterocycles. The second-order valence-corrected chi connectivity index (χ2v) is 3.53. The van der Waals surface area contributed by atoms with Crippen molar-refractivity contribution in [2.45, 2.75) is 43.9 Å². The minimum absolute atomic E-state index is 0.500. The average Bonchev–Trinajstić information content (AvgIpc) is 2.18. The van der Waals surface area contributed by atoms with E-state index in [0.29, 0.717) is 0 Å². The summed E-state index contributed by atoms with van der Waals surface area (Å²) >= 11 is 0. The highest BCUT2D eigenvalue weighted by Gasteiger charge is 2.44. The number of rotatable bonds is 3. The molecule has 1 aliphatic rings. The van der Waals surface area contributed by atoms with Crippen LogP contribution in [0.1, 0.15) is 6.92 Å². The topological polar surface area (TPSA) is 125 Å². The molecule has 0 bridgehead atoms. The van der Waals surface area contributed by atoms with Gasteiger partial charge in [0.15, 0.2) is 6.29 Å². The van der Waals surface area contributed by atoms with E-state index in [1.54, 1.807) is 0 Å². The molecule has 0 aromatic rings. The van der Waals surface area contributed by atoms with Crippen molar-refractivity contribution >= 4 is 0 Å². The molecule has 2 unspecified atom stereocenters. The molecular weight excluding hydrogens is 206 g/mol. The normalized spacial score (nSPS) is 44.0. The zero-order chi connectivity index (χ0) is 11.6. The molecule has 0 saturated carbocycles. The van der Waals surface area contributed by atoms with Crippen molar-refractivity contribution in [1.82, 2.24) is 0 Å². The first-order valence-corrected chi connectivity index (χ1v) is 4.69. The molecule has 1 fully saturated rings. The highest BCUT2D eigenvalue weighted by atomic mass is 16.7. The minimum Gasteiger partial charge on any atom is -0.394 e. The van der Waals surface area contributed by atoms with Gasteiger partial charge in [-0.15, -0.1) is 0 Å². The fourth-order valence-corrected chi connectivity index (χ4v) is 1.47. The van der Waals surface area contributed by atoms with Crippen LogP contribution in [0.2, 0.25) is 0 Å². The van der Waals surface area contributed by atoms with Crippen LogP contribution in [0.3, 0.4) is 0 Å². The monoisotopic (exact) mass is 223 g/mol. The van der Waals surface area contributed by atoms with E-state index in [1.807, 2.05) is 0 Å². The second-order valence-electron chi connectivity index (χ2n) is 3.53. The van der Waals surface area contributed by atoms with Gasteiger partial charge in [-0.05, 0) is 6.92 Å². The maximum Gasteiger partial charge on any atom is 0.184 e. The van der Waals surface area contributed by atoms with Crippen LogP contribution in [0.5, 0.6) is 0 Å². The van der Waals surface area contributed by atoms with Crippen molar-refractivity contribution in [1.29, 1.82) is 0 Å². The number of ether oxygens (including phenoxy) is 2. The molecule has 90 valence electrons. The lowest BCUT2D eigenvalue weighted by atomic mass is 9.99. The third-order valence-corrected chi connectivity index (χ3v) is 2.21. The second kappa shape index (κ2) is 5.17. The standard InChI is InChI=1S/C8H17NO6/c1-3(9)14-7-6(12)5(11)4(2-10)15-8(7)13/h3-8,10-13H,2,9H2,1H3/t3?,4-,5-,6+,7+,8?/m1/s1. The molecule has 6 atom stereocenters. The Morgan fingerprint density at radius 2 is 1.93 bits per heavy atom. The molecule has 0 aliphatic carbocycles. The largest absolute Gasteiger partial charge is 0.394 e. The van der Waals surface area contributed by atoms with Gasteiger partial charge < -0.3 is 35.6 Å². The highest BCUT2D eigenvalue weighted by Crippen LogP contribution is 2.22. The summed E-state index contributed by atoms with van der Waals surface area (Å²) in [6.45, 7) is 1.02. The first kappa shape index (κ1) is 12.8. The van der Waals surface area contributed by atoms with Crippen molar-refractivity contribution in [3.63, 3.8) is 0 Å². The van der Waals surface area contributed by atoms with E-state index in [-0.39, 0.29) is 0 Å². The average molecular weight is 223 g/mol. The third kappa shape index (κ3) is 2.85. The van der Waals surface area contributed by atoms with Gasteiger partial charge in [-0.25, -0.2) is 0 Å². The first-order valence-electron chi connectivity index (χ1n) is 4.69. The van der Waals surface area contributed by atoms with Crippen molar-refractivity contribution in [2.24, 2.45) is 5.73 Å². The summed E-state index contributed by atoms with van der Waals surface area (Å²) in [7, 11) is 0. The van der Waals surface area contributed by atoms with Gasteiger partial charge in [-0.1, -0.05) is 0 Å². The van der Waals surface area contributed by atoms with Crippen molar-refractivity contribution in [3.8, 4) is 0 Å². The molecule has 0 aromatic heterocycles. The SMILES string of the molecule is CC(N)O[C@@H]1C(O)O[C@H](CO)[C@@H](O)[C@@H]1O. The van der Waals surface area contributed by atoms with Gasteiger partial charge in [-0.2, -0.15) is 0 Å². The van der Waals surface area contributed by atoms with E-state index in [0.717, 1.165) is 0 Å². The summed E-state index contributed by atoms with van der Waals surface area (Å²) in [6, 6.07) is 0. The summed E-state index contributed by atoms with van der Waals surface area (Å²) in [5.41, 5.74) is 5.33. The van der Waals surface area contributed by atoms with E-state index in [9.17, 15) is 15.3 Å². The number of hydrogen-bond donors (Lipinski definition) is 5. The van der Waals surface area contributed by atoms with Gasteiger partial charge in [0.2, 0.25) is 0 Å². The molecule has 7 nitrogen and oxygen atoms in total. The number of aliphatic hydroxyl groups is 4. The molecule has 7 heteroatoms. The lowest BCUT2D eigenvalue weighted by molar-refractivity contribution is -0.302. The molecule has 1 saturated heterocycles. The number of hydrogen-bond acceptors (Lipinski definition) is 7. The van der Waals surface area contributed by atoms with Gasteiger partial charge in [0.05, 0.1) is 6.61 Å². The van der Waals surface area contributed by atoms with E-state index in [4.69, 9.17) is 20.3 Å². The van der Waals surface area contributed by atoms with E-state index in [2.05, 4.69) is 0 Å². The van der Waals surface area contributed by atoms with Crippen LogP contribution in [0.15, 0.2) is 0 Å². The van der Waals surface area contributed by atoms with Crippen molar-refractivity contribution in [3.05, 3.63) is 0 Å². The molecule has 0 aromatic carbocycles. The summed E-state index contributed by atoms with van der Waals surface area (Å²) in [4.78, 5) is 0. The Balaban J connectivity index is 2.66. The molecule has 0 amide bonds. The summed E-state index contributed by atoms with van der Waals surface area (Å²) in [5, 5.41) is 37.3. The Kier molecular flexibility index (Phi) is 4.41. The lowest BCUT2D eigenvalue weighted by Gasteiger charge is -2.40. The van der Waals surface area contributed by atoms with Crippen LogP contribution in [0.25, 0.3) is 0 Å². The molecule has 0 spiro atoms. The Bertz CT molecular complexity index is 202. The maximum atomic E-state index is 9.58. The predicted octanol–water partition coefficient (Wildman–Crippen LogP) is -2.89. The third-order valence-electron chi connectivity index (χ3n) is 2.21. The van der Waals surface area contributed by atoms with Crippen LogP contribution in [-0.2, 0) is 9.47 Å². The summed E-state index contributed by atoms with van der Waals surface area (Å²) in [5.74, 6) is 0. The van der Waals surface area contributed by atoms with Crippen LogP contribution in [0, 0.1) is 0 Å². The van der Waals surface area contributed by atoms with Crippen molar-refractivity contribution < 1.29 is 29.9 Å². The summed E-state index contributed by atoms with van der Waals surface area (Å²) < 4.78 is 9.84. The van der Waals surface area contributed by atoms with E-state index < -0.39 is 43.5 Å². The van der Waals surface area contributed by atoms with Crippen LogP contribution in [0.4, 0.5) is 0 Å². The Labute approximate surface area is 87.0 Å². The molecule has 6 N–H and O–H groups in total. The van der Waals surface area contributed by atoms with Crippen LogP contribution < -0.4 is 5.73 Å². The Hall–Kier alpha value is -0.280. The number of nitrogens with two attached hydrogens (primary N) is 1. The molecule has 1 aliphatic heterocycles. The van der Waals surface area contributed by atoms with Gasteiger partial charge in [0.1, 0.15) is 30.6 Å². The zero-order valence-electron chi connectivity index (χ0n) is 8.35.